The number of carbonyl (C=O) groups excluding carboxylic acids is 1. The van der Waals surface area contributed by atoms with Crippen LogP contribution in [0.2, 0.25) is 0 Å². The standard InChI is InChI=1S/C13H11N5O2S/c19-12(16-20)4-3-10-7-18(17-15-10)8-11-6-9-2-1-5-14-13(9)21-11/h1-7,20H,8H2,(H,16,19)/b4-3+. The number of hydroxylamine groups is 1. The van der Waals surface area contributed by atoms with E-state index in [1.54, 1.807) is 28.4 Å². The Bertz CT molecular complexity index is 775. The summed E-state index contributed by atoms with van der Waals surface area (Å²) in [6.07, 6.45) is 6.14. The number of nitrogens with one attached hydrogen (secondary N) is 1. The third-order valence-electron chi connectivity index (χ3n) is 2.73. The molecule has 7 nitrogen and oxygen atoms in total. The summed E-state index contributed by atoms with van der Waals surface area (Å²) < 4.78 is 1.68. The van der Waals surface area contributed by atoms with Crippen molar-refractivity contribution in [2.75, 3.05) is 0 Å². The Morgan fingerprint density at radius 2 is 2.43 bits per heavy atom. The monoisotopic (exact) mass is 301 g/mol. The lowest BCUT2D eigenvalue weighted by Gasteiger charge is -1.94. The van der Waals surface area contributed by atoms with Crippen LogP contribution >= 0.6 is 11.3 Å². The Morgan fingerprint density at radius 1 is 1.52 bits per heavy atom. The van der Waals surface area contributed by atoms with Crippen molar-refractivity contribution in [3.63, 3.8) is 0 Å². The molecule has 0 unspecified atom stereocenters. The molecule has 0 aliphatic rings. The van der Waals surface area contributed by atoms with E-state index in [9.17, 15) is 4.79 Å². The van der Waals surface area contributed by atoms with Gasteiger partial charge in [0.25, 0.3) is 5.91 Å². The van der Waals surface area contributed by atoms with Crippen molar-refractivity contribution in [2.24, 2.45) is 0 Å². The second-order valence-corrected chi connectivity index (χ2v) is 5.38. The van der Waals surface area contributed by atoms with Crippen molar-refractivity contribution in [2.45, 2.75) is 6.54 Å². The van der Waals surface area contributed by atoms with Crippen LogP contribution in [0, 0.1) is 0 Å². The van der Waals surface area contributed by atoms with Crippen LogP contribution in [0.4, 0.5) is 0 Å². The summed E-state index contributed by atoms with van der Waals surface area (Å²) >= 11 is 1.61. The Morgan fingerprint density at radius 3 is 3.24 bits per heavy atom. The highest BCUT2D eigenvalue weighted by Crippen LogP contribution is 2.23. The van der Waals surface area contributed by atoms with Crippen LogP contribution in [-0.2, 0) is 11.3 Å². The third kappa shape index (κ3) is 3.12. The van der Waals surface area contributed by atoms with Crippen LogP contribution in [0.25, 0.3) is 16.3 Å². The maximum absolute atomic E-state index is 10.9. The van der Waals surface area contributed by atoms with Crippen molar-refractivity contribution in [1.82, 2.24) is 25.5 Å². The average molecular weight is 301 g/mol. The fraction of sp³-hybridized carbons (Fsp3) is 0.0769. The summed E-state index contributed by atoms with van der Waals surface area (Å²) in [6, 6.07) is 6.00. The van der Waals surface area contributed by atoms with E-state index in [1.165, 1.54) is 17.6 Å². The Kier molecular flexibility index (Phi) is 3.71. The number of hydrogen-bond donors (Lipinski definition) is 2. The molecule has 3 heterocycles. The maximum atomic E-state index is 10.9. The van der Waals surface area contributed by atoms with Gasteiger partial charge in [-0.3, -0.25) is 10.0 Å². The second kappa shape index (κ2) is 5.81. The number of carbonyl (C=O) groups is 1. The van der Waals surface area contributed by atoms with E-state index in [0.717, 1.165) is 15.1 Å². The molecule has 0 radical (unpaired) electrons. The molecule has 0 aliphatic heterocycles. The van der Waals surface area contributed by atoms with Gasteiger partial charge in [0, 0.05) is 22.5 Å². The molecule has 0 fully saturated rings. The summed E-state index contributed by atoms with van der Waals surface area (Å²) in [4.78, 5) is 17.3. The highest BCUT2D eigenvalue weighted by atomic mass is 32.1. The molecular formula is C13H11N5O2S. The molecule has 2 N–H and O–H groups in total. The fourth-order valence-electron chi connectivity index (χ4n) is 1.83. The summed E-state index contributed by atoms with van der Waals surface area (Å²) in [6.45, 7) is 0.591. The van der Waals surface area contributed by atoms with Gasteiger partial charge in [0.15, 0.2) is 0 Å². The van der Waals surface area contributed by atoms with E-state index in [4.69, 9.17) is 5.21 Å². The van der Waals surface area contributed by atoms with Gasteiger partial charge < -0.3 is 0 Å². The van der Waals surface area contributed by atoms with Crippen molar-refractivity contribution >= 4 is 33.5 Å². The van der Waals surface area contributed by atoms with Crippen molar-refractivity contribution in [3.05, 3.63) is 47.2 Å². The molecular weight excluding hydrogens is 290 g/mol. The fourth-order valence-corrected chi connectivity index (χ4v) is 2.82. The third-order valence-corrected chi connectivity index (χ3v) is 3.78. The molecule has 106 valence electrons. The molecule has 8 heteroatoms. The molecule has 0 aliphatic carbocycles. The van der Waals surface area contributed by atoms with E-state index in [1.807, 2.05) is 12.1 Å². The zero-order valence-corrected chi connectivity index (χ0v) is 11.6. The minimum Gasteiger partial charge on any atom is -0.288 e. The number of thiophene rings is 1. The molecule has 3 rings (SSSR count). The SMILES string of the molecule is O=C(/C=C/c1cn(Cc2cc3cccnc3s2)nn1)NO. The van der Waals surface area contributed by atoms with Gasteiger partial charge in [0.1, 0.15) is 10.5 Å². The first kappa shape index (κ1) is 13.4. The average Bonchev–Trinajstić information content (AvgIpc) is 3.10. The van der Waals surface area contributed by atoms with Crippen LogP contribution in [-0.4, -0.2) is 31.1 Å². The van der Waals surface area contributed by atoms with Gasteiger partial charge in [-0.25, -0.2) is 15.1 Å². The Balaban J connectivity index is 1.74. The van der Waals surface area contributed by atoms with E-state index < -0.39 is 5.91 Å². The molecule has 0 saturated heterocycles. The number of rotatable bonds is 4. The van der Waals surface area contributed by atoms with Crippen LogP contribution < -0.4 is 5.48 Å². The normalized spacial score (nSPS) is 11.3. The van der Waals surface area contributed by atoms with Gasteiger partial charge in [-0.05, 0) is 18.2 Å². The zero-order valence-electron chi connectivity index (χ0n) is 10.8. The van der Waals surface area contributed by atoms with E-state index in [-0.39, 0.29) is 0 Å². The quantitative estimate of drug-likeness (QED) is 0.432. The first-order valence-corrected chi connectivity index (χ1v) is 6.92. The van der Waals surface area contributed by atoms with E-state index in [0.29, 0.717) is 12.2 Å². The molecule has 3 aromatic heterocycles. The van der Waals surface area contributed by atoms with Crippen molar-refractivity contribution in [1.29, 1.82) is 0 Å². The van der Waals surface area contributed by atoms with Crippen molar-refractivity contribution < 1.29 is 10.0 Å². The number of hydrogen-bond acceptors (Lipinski definition) is 6. The highest BCUT2D eigenvalue weighted by Gasteiger charge is 2.05. The molecule has 0 spiro atoms. The number of pyridine rings is 1. The summed E-state index contributed by atoms with van der Waals surface area (Å²) in [5.74, 6) is -0.611. The topological polar surface area (TPSA) is 92.9 Å². The van der Waals surface area contributed by atoms with Crippen LogP contribution in [0.3, 0.4) is 0 Å². The first-order chi connectivity index (χ1) is 10.2. The van der Waals surface area contributed by atoms with E-state index >= 15 is 0 Å². The molecule has 0 aromatic carbocycles. The van der Waals surface area contributed by atoms with Crippen LogP contribution in [0.15, 0.2) is 36.7 Å². The Hall–Kier alpha value is -2.58. The van der Waals surface area contributed by atoms with Gasteiger partial charge in [-0.1, -0.05) is 11.3 Å². The lowest BCUT2D eigenvalue weighted by Crippen LogP contribution is -2.14. The van der Waals surface area contributed by atoms with E-state index in [2.05, 4.69) is 21.4 Å². The van der Waals surface area contributed by atoms with Crippen molar-refractivity contribution in [3.8, 4) is 0 Å². The number of nitrogens with zero attached hydrogens (tertiary/aromatic N) is 4. The Labute approximate surface area is 123 Å². The molecule has 0 bridgehead atoms. The minimum atomic E-state index is -0.611. The zero-order chi connectivity index (χ0) is 14.7. The lowest BCUT2D eigenvalue weighted by atomic mass is 10.3. The van der Waals surface area contributed by atoms with Gasteiger partial charge in [0.2, 0.25) is 0 Å². The lowest BCUT2D eigenvalue weighted by molar-refractivity contribution is -0.124. The minimum absolute atomic E-state index is 0.540. The van der Waals surface area contributed by atoms with Crippen LogP contribution in [0.5, 0.6) is 0 Å². The highest BCUT2D eigenvalue weighted by molar-refractivity contribution is 7.18. The first-order valence-electron chi connectivity index (χ1n) is 6.10. The smallest absolute Gasteiger partial charge is 0.267 e. The second-order valence-electron chi connectivity index (χ2n) is 4.26. The predicted octanol–water partition coefficient (Wildman–Crippen LogP) is 1.45. The number of fused-ring (bicyclic) bond motifs is 1. The summed E-state index contributed by atoms with van der Waals surface area (Å²) in [7, 11) is 0. The maximum Gasteiger partial charge on any atom is 0.267 e. The number of amides is 1. The molecule has 1 amide bonds. The molecule has 0 atom stereocenters. The summed E-state index contributed by atoms with van der Waals surface area (Å²) in [5, 5.41) is 17.4. The van der Waals surface area contributed by atoms with Crippen LogP contribution in [0.1, 0.15) is 10.6 Å². The molecule has 0 saturated carbocycles. The summed E-state index contributed by atoms with van der Waals surface area (Å²) in [5.41, 5.74) is 2.05. The van der Waals surface area contributed by atoms with Gasteiger partial charge >= 0.3 is 0 Å². The van der Waals surface area contributed by atoms with Gasteiger partial charge in [0.05, 0.1) is 12.7 Å². The molecule has 21 heavy (non-hydrogen) atoms. The van der Waals surface area contributed by atoms with Gasteiger partial charge in [-0.2, -0.15) is 0 Å². The number of aromatic nitrogens is 4. The van der Waals surface area contributed by atoms with Gasteiger partial charge in [-0.15, -0.1) is 16.4 Å². The molecule has 3 aromatic rings. The largest absolute Gasteiger partial charge is 0.288 e. The predicted molar refractivity (Wildman–Crippen MR) is 77.7 cm³/mol.